The van der Waals surface area contributed by atoms with Crippen LogP contribution >= 0.6 is 0 Å². The van der Waals surface area contributed by atoms with Crippen LogP contribution in [0.25, 0.3) is 0 Å². The lowest BCUT2D eigenvalue weighted by Crippen LogP contribution is -2.55. The topological polar surface area (TPSA) is 195 Å². The number of ether oxygens (including phenoxy) is 3. The summed E-state index contributed by atoms with van der Waals surface area (Å²) in [6.45, 7) is 11.6. The first kappa shape index (κ1) is 34.8. The van der Waals surface area contributed by atoms with Crippen molar-refractivity contribution in [2.75, 3.05) is 13.1 Å². The highest BCUT2D eigenvalue weighted by Crippen LogP contribution is 2.18. The lowest BCUT2D eigenvalue weighted by molar-refractivity contribution is -0.138. The summed E-state index contributed by atoms with van der Waals surface area (Å²) in [5, 5.41) is 7.53. The van der Waals surface area contributed by atoms with E-state index in [0.717, 1.165) is 0 Å². The SMILES string of the molecule is C[C@H](NC(=O)[C@H](Cc1ccc(OC(=O)OC(C)(C)C)cc1)NC(=O)OC(C)(C)C)C(=O)NCC(=O)N1CCC[C@@H]1C(N)=O. The molecular formula is C29H43N5O9. The quantitative estimate of drug-likeness (QED) is 0.226. The molecule has 0 bridgehead atoms. The second-order valence-corrected chi connectivity index (χ2v) is 12.2. The van der Waals surface area contributed by atoms with E-state index >= 15 is 0 Å². The molecule has 0 aliphatic carbocycles. The fraction of sp³-hybridized carbons (Fsp3) is 0.586. The number of carbonyl (C=O) groups is 6. The van der Waals surface area contributed by atoms with Gasteiger partial charge in [-0.15, -0.1) is 0 Å². The van der Waals surface area contributed by atoms with Crippen LogP contribution in [0.2, 0.25) is 0 Å². The summed E-state index contributed by atoms with van der Waals surface area (Å²) in [4.78, 5) is 75.7. The van der Waals surface area contributed by atoms with Crippen molar-refractivity contribution in [2.45, 2.75) is 97.1 Å². The van der Waals surface area contributed by atoms with Crippen molar-refractivity contribution in [3.05, 3.63) is 29.8 Å². The number of benzene rings is 1. The number of likely N-dealkylation sites (tertiary alicyclic amines) is 1. The van der Waals surface area contributed by atoms with Gasteiger partial charge < -0.3 is 40.8 Å². The van der Waals surface area contributed by atoms with Crippen molar-refractivity contribution in [2.24, 2.45) is 5.73 Å². The Kier molecular flexibility index (Phi) is 11.9. The maximum atomic E-state index is 13.2. The maximum absolute atomic E-state index is 13.2. The Morgan fingerprint density at radius 2 is 1.53 bits per heavy atom. The van der Waals surface area contributed by atoms with Gasteiger partial charge in [-0.3, -0.25) is 19.2 Å². The third-order valence-electron chi connectivity index (χ3n) is 6.03. The molecule has 3 atom stereocenters. The molecule has 5 amide bonds. The van der Waals surface area contributed by atoms with Crippen molar-refractivity contribution in [1.29, 1.82) is 0 Å². The number of hydrogen-bond acceptors (Lipinski definition) is 9. The van der Waals surface area contributed by atoms with Gasteiger partial charge in [0.15, 0.2) is 0 Å². The zero-order chi connectivity index (χ0) is 32.5. The Balaban J connectivity index is 2.04. The van der Waals surface area contributed by atoms with Crippen LogP contribution in [0.1, 0.15) is 66.9 Å². The minimum atomic E-state index is -1.15. The predicted molar refractivity (Wildman–Crippen MR) is 155 cm³/mol. The molecule has 0 unspecified atom stereocenters. The van der Waals surface area contributed by atoms with Gasteiger partial charge in [-0.25, -0.2) is 9.59 Å². The molecule has 0 aromatic heterocycles. The molecule has 0 saturated carbocycles. The van der Waals surface area contributed by atoms with Crippen molar-refractivity contribution in [3.8, 4) is 5.75 Å². The molecule has 238 valence electrons. The molecular weight excluding hydrogens is 562 g/mol. The Morgan fingerprint density at radius 3 is 2.09 bits per heavy atom. The van der Waals surface area contributed by atoms with E-state index in [0.29, 0.717) is 24.9 Å². The Bertz CT molecular complexity index is 1190. The van der Waals surface area contributed by atoms with Crippen molar-refractivity contribution in [1.82, 2.24) is 20.9 Å². The second-order valence-electron chi connectivity index (χ2n) is 12.2. The summed E-state index contributed by atoms with van der Waals surface area (Å²) in [5.41, 5.74) is 4.40. The standard InChI is InChI=1S/C29H43N5O9/c1-17(24(37)31-16-22(35)34-14-8-9-21(34)23(30)36)32-25(38)20(33-26(39)42-28(2,3)4)15-18-10-12-19(13-11-18)41-27(40)43-29(5,6)7/h10-13,17,20-21H,8-9,14-16H2,1-7H3,(H2,30,36)(H,31,37)(H,32,38)(H,33,39)/t17-,20-,21+/m0/s1. The van der Waals surface area contributed by atoms with Crippen LogP contribution in [0.4, 0.5) is 9.59 Å². The lowest BCUT2D eigenvalue weighted by Gasteiger charge is -2.25. The Labute approximate surface area is 251 Å². The maximum Gasteiger partial charge on any atom is 0.514 e. The van der Waals surface area contributed by atoms with Crippen LogP contribution in [0, 0.1) is 0 Å². The number of rotatable bonds is 10. The molecule has 5 N–H and O–H groups in total. The number of nitrogens with two attached hydrogens (primary N) is 1. The predicted octanol–water partition coefficient (Wildman–Crippen LogP) is 1.53. The normalized spacial score (nSPS) is 16.3. The van der Waals surface area contributed by atoms with E-state index in [4.69, 9.17) is 19.9 Å². The van der Waals surface area contributed by atoms with E-state index in [1.807, 2.05) is 0 Å². The van der Waals surface area contributed by atoms with Crippen LogP contribution in [-0.2, 0) is 35.1 Å². The van der Waals surface area contributed by atoms with Crippen LogP contribution in [0.5, 0.6) is 5.75 Å². The van der Waals surface area contributed by atoms with Gasteiger partial charge in [0.05, 0.1) is 6.54 Å². The second kappa shape index (κ2) is 14.7. The number of carbonyl (C=O) groups excluding carboxylic acids is 6. The summed E-state index contributed by atoms with van der Waals surface area (Å²) >= 11 is 0. The van der Waals surface area contributed by atoms with Crippen LogP contribution in [0.3, 0.4) is 0 Å². The third kappa shape index (κ3) is 12.2. The smallest absolute Gasteiger partial charge is 0.444 e. The first-order valence-corrected chi connectivity index (χ1v) is 14.0. The van der Waals surface area contributed by atoms with Crippen molar-refractivity contribution < 1.29 is 43.0 Å². The monoisotopic (exact) mass is 605 g/mol. The highest BCUT2D eigenvalue weighted by Gasteiger charge is 2.33. The molecule has 1 aromatic rings. The fourth-order valence-electron chi connectivity index (χ4n) is 4.11. The van der Waals surface area contributed by atoms with Gasteiger partial charge in [0.1, 0.15) is 35.1 Å². The molecule has 43 heavy (non-hydrogen) atoms. The lowest BCUT2D eigenvalue weighted by atomic mass is 10.0. The van der Waals surface area contributed by atoms with Gasteiger partial charge >= 0.3 is 12.2 Å². The average Bonchev–Trinajstić information content (AvgIpc) is 3.36. The first-order chi connectivity index (χ1) is 19.8. The first-order valence-electron chi connectivity index (χ1n) is 14.0. The zero-order valence-electron chi connectivity index (χ0n) is 25.8. The van der Waals surface area contributed by atoms with Gasteiger partial charge in [0.25, 0.3) is 0 Å². The zero-order valence-corrected chi connectivity index (χ0v) is 25.8. The summed E-state index contributed by atoms with van der Waals surface area (Å²) in [6.07, 6.45) is -0.604. The third-order valence-corrected chi connectivity index (χ3v) is 6.03. The number of amides is 5. The Hall–Kier alpha value is -4.36. The molecule has 0 radical (unpaired) electrons. The van der Waals surface area contributed by atoms with E-state index in [9.17, 15) is 28.8 Å². The molecule has 1 saturated heterocycles. The number of alkyl carbamates (subject to hydrolysis) is 1. The van der Waals surface area contributed by atoms with E-state index in [-0.39, 0.29) is 18.7 Å². The van der Waals surface area contributed by atoms with Gasteiger partial charge in [0, 0.05) is 13.0 Å². The average molecular weight is 606 g/mol. The summed E-state index contributed by atoms with van der Waals surface area (Å²) in [6, 6.07) is 3.31. The van der Waals surface area contributed by atoms with E-state index in [2.05, 4.69) is 16.0 Å². The van der Waals surface area contributed by atoms with Crippen LogP contribution in [0.15, 0.2) is 24.3 Å². The van der Waals surface area contributed by atoms with Gasteiger partial charge in [-0.2, -0.15) is 0 Å². The highest BCUT2D eigenvalue weighted by molar-refractivity contribution is 5.94. The number of hydrogen-bond donors (Lipinski definition) is 4. The number of nitrogens with zero attached hydrogens (tertiary/aromatic N) is 1. The molecule has 14 heteroatoms. The summed E-state index contributed by atoms with van der Waals surface area (Å²) < 4.78 is 15.6. The van der Waals surface area contributed by atoms with Crippen LogP contribution < -0.4 is 26.4 Å². The largest absolute Gasteiger partial charge is 0.514 e. The highest BCUT2D eigenvalue weighted by atomic mass is 16.7. The number of primary amides is 1. The van der Waals surface area contributed by atoms with Gasteiger partial charge in [-0.05, 0) is 79.0 Å². The molecule has 14 nitrogen and oxygen atoms in total. The molecule has 1 aliphatic rings. The van der Waals surface area contributed by atoms with E-state index < -0.39 is 65.2 Å². The molecule has 2 rings (SSSR count). The van der Waals surface area contributed by atoms with Crippen molar-refractivity contribution in [3.63, 3.8) is 0 Å². The minimum absolute atomic E-state index is 0.00802. The molecule has 1 fully saturated rings. The van der Waals surface area contributed by atoms with Gasteiger partial charge in [0.2, 0.25) is 23.6 Å². The summed E-state index contributed by atoms with van der Waals surface area (Å²) in [5.74, 6) is -2.17. The minimum Gasteiger partial charge on any atom is -0.444 e. The number of nitrogens with one attached hydrogen (secondary N) is 3. The Morgan fingerprint density at radius 1 is 0.930 bits per heavy atom. The van der Waals surface area contributed by atoms with E-state index in [1.54, 1.807) is 53.7 Å². The summed E-state index contributed by atoms with van der Waals surface area (Å²) in [7, 11) is 0. The van der Waals surface area contributed by atoms with Crippen LogP contribution in [-0.4, -0.2) is 83.2 Å². The van der Waals surface area contributed by atoms with E-state index in [1.165, 1.54) is 24.0 Å². The molecule has 1 aliphatic heterocycles. The fourth-order valence-corrected chi connectivity index (χ4v) is 4.11. The molecule has 0 spiro atoms. The van der Waals surface area contributed by atoms with Crippen molar-refractivity contribution >= 4 is 35.9 Å². The molecule has 1 heterocycles. The molecule has 1 aromatic carbocycles. The van der Waals surface area contributed by atoms with Gasteiger partial charge in [-0.1, -0.05) is 12.1 Å².